The van der Waals surface area contributed by atoms with E-state index in [4.69, 9.17) is 0 Å². The maximum Gasteiger partial charge on any atom is 0.226 e. The van der Waals surface area contributed by atoms with Crippen molar-refractivity contribution in [3.05, 3.63) is 47.5 Å². The molecule has 1 atom stereocenters. The molecule has 1 aliphatic heterocycles. The minimum atomic E-state index is -0.328. The summed E-state index contributed by atoms with van der Waals surface area (Å²) in [6.45, 7) is 3.28. The largest absolute Gasteiger partial charge is 0.393 e. The van der Waals surface area contributed by atoms with Gasteiger partial charge < -0.3 is 15.3 Å². The van der Waals surface area contributed by atoms with Crippen LogP contribution in [0.15, 0.2) is 30.5 Å². The average molecular weight is 346 g/mol. The lowest BCUT2D eigenvalue weighted by Crippen LogP contribution is -2.37. The Hall–Kier alpha value is -2.41. The Morgan fingerprint density at radius 1 is 1.44 bits per heavy atom. The van der Waals surface area contributed by atoms with Crippen LogP contribution in [0.1, 0.15) is 37.1 Å². The van der Waals surface area contributed by atoms with E-state index < -0.39 is 0 Å². The van der Waals surface area contributed by atoms with Gasteiger partial charge in [-0.15, -0.1) is 0 Å². The number of piperidine rings is 1. The van der Waals surface area contributed by atoms with Crippen molar-refractivity contribution in [1.82, 2.24) is 15.5 Å². The maximum atomic E-state index is 13.8. The van der Waals surface area contributed by atoms with Gasteiger partial charge in [0.15, 0.2) is 0 Å². The van der Waals surface area contributed by atoms with Gasteiger partial charge in [0.2, 0.25) is 5.91 Å². The van der Waals surface area contributed by atoms with Gasteiger partial charge in [-0.1, -0.05) is 0 Å². The number of aromatic nitrogens is 2. The molecule has 134 valence electrons. The van der Waals surface area contributed by atoms with E-state index in [0.29, 0.717) is 25.9 Å². The summed E-state index contributed by atoms with van der Waals surface area (Å²) in [5.74, 6) is -0.480. The number of nitrogens with zero attached hydrogens (tertiary/aromatic N) is 2. The number of benzene rings is 1. The number of aromatic amines is 1. The SMILES string of the molecule is C[C@H](NC(=O)Cc1ccn[nH]1)c1cc(F)ccc1N1CCC(O)CC1. The van der Waals surface area contributed by atoms with Crippen molar-refractivity contribution >= 4 is 11.6 Å². The summed E-state index contributed by atoms with van der Waals surface area (Å²) in [5.41, 5.74) is 2.38. The van der Waals surface area contributed by atoms with Crippen LogP contribution in [-0.2, 0) is 11.2 Å². The van der Waals surface area contributed by atoms with E-state index in [1.807, 2.05) is 6.92 Å². The zero-order chi connectivity index (χ0) is 17.8. The van der Waals surface area contributed by atoms with E-state index in [2.05, 4.69) is 20.4 Å². The van der Waals surface area contributed by atoms with Crippen LogP contribution in [0.5, 0.6) is 0 Å². The molecule has 7 heteroatoms. The number of rotatable bonds is 5. The van der Waals surface area contributed by atoms with Gasteiger partial charge in [0.05, 0.1) is 18.6 Å². The van der Waals surface area contributed by atoms with Gasteiger partial charge in [-0.25, -0.2) is 4.39 Å². The van der Waals surface area contributed by atoms with Gasteiger partial charge in [0.1, 0.15) is 5.82 Å². The first-order valence-electron chi connectivity index (χ1n) is 8.53. The van der Waals surface area contributed by atoms with E-state index in [0.717, 1.165) is 16.9 Å². The fraction of sp³-hybridized carbons (Fsp3) is 0.444. The summed E-state index contributed by atoms with van der Waals surface area (Å²) in [5, 5.41) is 19.2. The minimum Gasteiger partial charge on any atom is -0.393 e. The molecule has 0 unspecified atom stereocenters. The normalized spacial score (nSPS) is 16.7. The van der Waals surface area contributed by atoms with Crippen molar-refractivity contribution < 1.29 is 14.3 Å². The lowest BCUT2D eigenvalue weighted by Gasteiger charge is -2.34. The Morgan fingerprint density at radius 3 is 2.88 bits per heavy atom. The summed E-state index contributed by atoms with van der Waals surface area (Å²) < 4.78 is 13.8. The predicted molar refractivity (Wildman–Crippen MR) is 92.7 cm³/mol. The van der Waals surface area contributed by atoms with Crippen LogP contribution in [0.2, 0.25) is 0 Å². The Kier molecular flexibility index (Phi) is 5.33. The number of anilines is 1. The van der Waals surface area contributed by atoms with Gasteiger partial charge in [-0.2, -0.15) is 5.10 Å². The Labute approximate surface area is 146 Å². The van der Waals surface area contributed by atoms with Gasteiger partial charge in [0, 0.05) is 36.2 Å². The van der Waals surface area contributed by atoms with Gasteiger partial charge in [-0.3, -0.25) is 9.89 Å². The third-order valence-electron chi connectivity index (χ3n) is 4.55. The number of H-pyrrole nitrogens is 1. The fourth-order valence-corrected chi connectivity index (χ4v) is 3.19. The third-order valence-corrected chi connectivity index (χ3v) is 4.55. The number of hydrogen-bond acceptors (Lipinski definition) is 4. The molecule has 25 heavy (non-hydrogen) atoms. The summed E-state index contributed by atoms with van der Waals surface area (Å²) >= 11 is 0. The molecule has 1 saturated heterocycles. The number of carbonyl (C=O) groups is 1. The standard InChI is InChI=1S/C18H23FN4O2/c1-12(21-18(25)11-14-4-7-20-22-14)16-10-13(19)2-3-17(16)23-8-5-15(24)6-9-23/h2-4,7,10,12,15,24H,5-6,8-9,11H2,1H3,(H,20,22)(H,21,25)/t12-/m0/s1. The fourth-order valence-electron chi connectivity index (χ4n) is 3.19. The monoisotopic (exact) mass is 346 g/mol. The Morgan fingerprint density at radius 2 is 2.20 bits per heavy atom. The third kappa shape index (κ3) is 4.36. The molecule has 3 rings (SSSR count). The van der Waals surface area contributed by atoms with E-state index in [1.54, 1.807) is 18.3 Å². The smallest absolute Gasteiger partial charge is 0.226 e. The van der Waals surface area contributed by atoms with Crippen LogP contribution in [-0.4, -0.2) is 40.4 Å². The molecule has 2 aromatic rings. The molecular weight excluding hydrogens is 323 g/mol. The highest BCUT2D eigenvalue weighted by molar-refractivity contribution is 5.78. The molecule has 2 heterocycles. The van der Waals surface area contributed by atoms with Crippen LogP contribution >= 0.6 is 0 Å². The number of aliphatic hydroxyl groups is 1. The quantitative estimate of drug-likeness (QED) is 0.773. The van der Waals surface area contributed by atoms with Crippen molar-refractivity contribution in [2.24, 2.45) is 0 Å². The summed E-state index contributed by atoms with van der Waals surface area (Å²) in [7, 11) is 0. The van der Waals surface area contributed by atoms with Crippen LogP contribution in [0.4, 0.5) is 10.1 Å². The van der Waals surface area contributed by atoms with Crippen molar-refractivity contribution in [2.75, 3.05) is 18.0 Å². The first-order valence-corrected chi connectivity index (χ1v) is 8.53. The second kappa shape index (κ2) is 7.65. The molecule has 0 aliphatic carbocycles. The lowest BCUT2D eigenvalue weighted by molar-refractivity contribution is -0.121. The van der Waals surface area contributed by atoms with Crippen molar-refractivity contribution in [1.29, 1.82) is 0 Å². The van der Waals surface area contributed by atoms with E-state index in [9.17, 15) is 14.3 Å². The molecule has 0 saturated carbocycles. The van der Waals surface area contributed by atoms with Gasteiger partial charge in [0.25, 0.3) is 0 Å². The highest BCUT2D eigenvalue weighted by atomic mass is 19.1. The van der Waals surface area contributed by atoms with Gasteiger partial charge >= 0.3 is 0 Å². The summed E-state index contributed by atoms with van der Waals surface area (Å²) in [6.07, 6.45) is 2.91. The lowest BCUT2D eigenvalue weighted by atomic mass is 10.0. The second-order valence-electron chi connectivity index (χ2n) is 6.47. The highest BCUT2D eigenvalue weighted by Crippen LogP contribution is 2.29. The van der Waals surface area contributed by atoms with E-state index >= 15 is 0 Å². The number of nitrogens with one attached hydrogen (secondary N) is 2. The number of amides is 1. The molecule has 1 fully saturated rings. The van der Waals surface area contributed by atoms with Crippen molar-refractivity contribution in [2.45, 2.75) is 38.3 Å². The van der Waals surface area contributed by atoms with Crippen molar-refractivity contribution in [3.8, 4) is 0 Å². The summed E-state index contributed by atoms with van der Waals surface area (Å²) in [4.78, 5) is 14.3. The molecule has 6 nitrogen and oxygen atoms in total. The van der Waals surface area contributed by atoms with Gasteiger partial charge in [-0.05, 0) is 44.0 Å². The number of halogens is 1. The maximum absolute atomic E-state index is 13.8. The van der Waals surface area contributed by atoms with Crippen LogP contribution in [0.25, 0.3) is 0 Å². The number of hydrogen-bond donors (Lipinski definition) is 3. The van der Waals surface area contributed by atoms with Crippen LogP contribution in [0, 0.1) is 5.82 Å². The van der Waals surface area contributed by atoms with Crippen LogP contribution in [0.3, 0.4) is 0 Å². The zero-order valence-corrected chi connectivity index (χ0v) is 14.2. The first kappa shape index (κ1) is 17.4. The number of aliphatic hydroxyl groups excluding tert-OH is 1. The summed E-state index contributed by atoms with van der Waals surface area (Å²) in [6, 6.07) is 6.08. The molecular formula is C18H23FN4O2. The minimum absolute atomic E-state index is 0.152. The predicted octanol–water partition coefficient (Wildman–Crippen LogP) is 1.93. The van der Waals surface area contributed by atoms with Crippen molar-refractivity contribution in [3.63, 3.8) is 0 Å². The Bertz CT molecular complexity index is 712. The van der Waals surface area contributed by atoms with Crippen LogP contribution < -0.4 is 10.2 Å². The molecule has 1 amide bonds. The molecule has 1 aliphatic rings. The van der Waals surface area contributed by atoms with E-state index in [-0.39, 0.29) is 30.3 Å². The molecule has 0 bridgehead atoms. The molecule has 3 N–H and O–H groups in total. The molecule has 1 aromatic heterocycles. The van der Waals surface area contributed by atoms with E-state index in [1.165, 1.54) is 12.1 Å². The number of carbonyl (C=O) groups excluding carboxylic acids is 1. The molecule has 1 aromatic carbocycles. The average Bonchev–Trinajstić information content (AvgIpc) is 3.08. The highest BCUT2D eigenvalue weighted by Gasteiger charge is 2.22. The molecule has 0 spiro atoms. The molecule has 0 radical (unpaired) electrons. The Balaban J connectivity index is 1.73. The zero-order valence-electron chi connectivity index (χ0n) is 14.2. The topological polar surface area (TPSA) is 81.2 Å². The second-order valence-corrected chi connectivity index (χ2v) is 6.47. The first-order chi connectivity index (χ1) is 12.0.